The first-order valence-corrected chi connectivity index (χ1v) is 6.95. The van der Waals surface area contributed by atoms with Gasteiger partial charge in [-0.05, 0) is 32.3 Å². The molecule has 0 spiro atoms. The number of nitrogens with one attached hydrogen (secondary N) is 1. The molecule has 0 bridgehead atoms. The maximum Gasteiger partial charge on any atom is 0.387 e. The molecule has 2 rings (SSSR count). The van der Waals surface area contributed by atoms with Crippen LogP contribution in [0.15, 0.2) is 24.3 Å². The van der Waals surface area contributed by atoms with Gasteiger partial charge in [0.05, 0.1) is 6.61 Å². The lowest BCUT2D eigenvalue weighted by Crippen LogP contribution is -2.35. The van der Waals surface area contributed by atoms with Crippen molar-refractivity contribution in [3.8, 4) is 5.75 Å². The summed E-state index contributed by atoms with van der Waals surface area (Å²) in [5, 5.41) is 3.45. The quantitative estimate of drug-likeness (QED) is 0.869. The predicted molar refractivity (Wildman–Crippen MR) is 73.0 cm³/mol. The molecule has 3 unspecified atom stereocenters. The Kier molecular flexibility index (Phi) is 5.31. The van der Waals surface area contributed by atoms with Crippen molar-refractivity contribution in [2.45, 2.75) is 39.0 Å². The van der Waals surface area contributed by atoms with E-state index in [0.717, 1.165) is 25.2 Å². The van der Waals surface area contributed by atoms with Crippen molar-refractivity contribution in [2.75, 3.05) is 13.2 Å². The zero-order chi connectivity index (χ0) is 14.5. The molecule has 0 aliphatic carbocycles. The highest BCUT2D eigenvalue weighted by Crippen LogP contribution is 2.28. The van der Waals surface area contributed by atoms with Gasteiger partial charge in [-0.3, -0.25) is 0 Å². The molecule has 1 N–H and O–H groups in total. The molecule has 3 atom stereocenters. The molecule has 5 heteroatoms. The van der Waals surface area contributed by atoms with Crippen molar-refractivity contribution in [3.63, 3.8) is 0 Å². The molecule has 0 amide bonds. The summed E-state index contributed by atoms with van der Waals surface area (Å²) in [5.74, 6) is 0.706. The Hall–Kier alpha value is -1.20. The summed E-state index contributed by atoms with van der Waals surface area (Å²) in [6, 6.07) is 7.13. The average Bonchev–Trinajstić information content (AvgIpc) is 2.92. The van der Waals surface area contributed by atoms with Gasteiger partial charge in [0.2, 0.25) is 0 Å². The van der Waals surface area contributed by atoms with E-state index in [-0.39, 0.29) is 17.8 Å². The smallest absolute Gasteiger partial charge is 0.387 e. The third kappa shape index (κ3) is 3.90. The lowest BCUT2D eigenvalue weighted by molar-refractivity contribution is -0.0507. The van der Waals surface area contributed by atoms with Gasteiger partial charge in [-0.15, -0.1) is 0 Å². The SMILES string of the molecule is CC(NC(C)C1CCOC1)c1ccccc1OC(F)F. The van der Waals surface area contributed by atoms with Crippen molar-refractivity contribution >= 4 is 0 Å². The summed E-state index contributed by atoms with van der Waals surface area (Å²) in [5.41, 5.74) is 0.749. The Bertz CT molecular complexity index is 422. The zero-order valence-corrected chi connectivity index (χ0v) is 11.8. The van der Waals surface area contributed by atoms with E-state index in [1.54, 1.807) is 12.1 Å². The number of para-hydroxylation sites is 1. The van der Waals surface area contributed by atoms with Crippen molar-refractivity contribution in [1.82, 2.24) is 5.32 Å². The fourth-order valence-electron chi connectivity index (χ4n) is 2.61. The molecular weight excluding hydrogens is 264 g/mol. The number of alkyl halides is 2. The molecule has 1 aliphatic rings. The number of hydrogen-bond donors (Lipinski definition) is 1. The highest BCUT2D eigenvalue weighted by Gasteiger charge is 2.24. The molecule has 1 fully saturated rings. The van der Waals surface area contributed by atoms with Crippen LogP contribution >= 0.6 is 0 Å². The second kappa shape index (κ2) is 6.99. The van der Waals surface area contributed by atoms with Gasteiger partial charge in [-0.2, -0.15) is 8.78 Å². The van der Waals surface area contributed by atoms with Gasteiger partial charge in [0.1, 0.15) is 5.75 Å². The topological polar surface area (TPSA) is 30.5 Å². The van der Waals surface area contributed by atoms with Crippen LogP contribution in [0.3, 0.4) is 0 Å². The van der Waals surface area contributed by atoms with E-state index in [1.165, 1.54) is 0 Å². The molecular formula is C15H21F2NO2. The summed E-state index contributed by atoms with van der Waals surface area (Å²) in [7, 11) is 0. The predicted octanol–water partition coefficient (Wildman–Crippen LogP) is 3.36. The maximum absolute atomic E-state index is 12.4. The molecule has 0 radical (unpaired) electrons. The molecule has 1 saturated heterocycles. The van der Waals surface area contributed by atoms with E-state index in [0.29, 0.717) is 5.92 Å². The Morgan fingerprint density at radius 1 is 1.30 bits per heavy atom. The maximum atomic E-state index is 12.4. The Balaban J connectivity index is 2.02. The number of rotatable bonds is 6. The molecule has 1 aromatic rings. The van der Waals surface area contributed by atoms with E-state index >= 15 is 0 Å². The molecule has 112 valence electrons. The van der Waals surface area contributed by atoms with Crippen LogP contribution in [0.5, 0.6) is 5.75 Å². The summed E-state index contributed by atoms with van der Waals surface area (Å²) in [6.45, 7) is 2.82. The minimum Gasteiger partial charge on any atom is -0.434 e. The van der Waals surface area contributed by atoms with Crippen LogP contribution < -0.4 is 10.1 Å². The van der Waals surface area contributed by atoms with Gasteiger partial charge in [0.25, 0.3) is 0 Å². The summed E-state index contributed by atoms with van der Waals surface area (Å²) < 4.78 is 34.8. The van der Waals surface area contributed by atoms with E-state index in [1.807, 2.05) is 19.1 Å². The van der Waals surface area contributed by atoms with Gasteiger partial charge in [0, 0.05) is 24.3 Å². The van der Waals surface area contributed by atoms with Gasteiger partial charge in [-0.1, -0.05) is 18.2 Å². The van der Waals surface area contributed by atoms with E-state index in [9.17, 15) is 8.78 Å². The van der Waals surface area contributed by atoms with Crippen LogP contribution in [0.1, 0.15) is 31.9 Å². The molecule has 20 heavy (non-hydrogen) atoms. The molecule has 1 heterocycles. The van der Waals surface area contributed by atoms with Gasteiger partial charge in [-0.25, -0.2) is 0 Å². The molecule has 1 aromatic carbocycles. The van der Waals surface area contributed by atoms with E-state index in [2.05, 4.69) is 17.0 Å². The third-order valence-electron chi connectivity index (χ3n) is 3.79. The van der Waals surface area contributed by atoms with Gasteiger partial charge in [0.15, 0.2) is 0 Å². The van der Waals surface area contributed by atoms with Crippen LogP contribution in [-0.2, 0) is 4.74 Å². The largest absolute Gasteiger partial charge is 0.434 e. The monoisotopic (exact) mass is 285 g/mol. The zero-order valence-electron chi connectivity index (χ0n) is 11.8. The molecule has 1 aliphatic heterocycles. The summed E-state index contributed by atoms with van der Waals surface area (Å²) in [4.78, 5) is 0. The average molecular weight is 285 g/mol. The fourth-order valence-corrected chi connectivity index (χ4v) is 2.61. The van der Waals surface area contributed by atoms with E-state index < -0.39 is 6.61 Å². The number of benzene rings is 1. The number of ether oxygens (including phenoxy) is 2. The third-order valence-corrected chi connectivity index (χ3v) is 3.79. The van der Waals surface area contributed by atoms with Gasteiger partial charge < -0.3 is 14.8 Å². The van der Waals surface area contributed by atoms with Crippen molar-refractivity contribution in [1.29, 1.82) is 0 Å². The molecule has 0 saturated carbocycles. The molecule has 3 nitrogen and oxygen atoms in total. The minimum atomic E-state index is -2.80. The first-order chi connectivity index (χ1) is 9.58. The summed E-state index contributed by atoms with van der Waals surface area (Å²) >= 11 is 0. The van der Waals surface area contributed by atoms with Crippen molar-refractivity contribution in [3.05, 3.63) is 29.8 Å². The summed E-state index contributed by atoms with van der Waals surface area (Å²) in [6.07, 6.45) is 1.04. The second-order valence-corrected chi connectivity index (χ2v) is 5.22. The number of hydrogen-bond acceptors (Lipinski definition) is 3. The standard InChI is InChI=1S/C15H21F2NO2/c1-10(12-7-8-19-9-12)18-11(2)13-5-3-4-6-14(13)20-15(16)17/h3-6,10-12,15,18H,7-9H2,1-2H3. The van der Waals surface area contributed by atoms with Crippen LogP contribution in [0.4, 0.5) is 8.78 Å². The Labute approximate surface area is 118 Å². The first kappa shape index (κ1) is 15.2. The lowest BCUT2D eigenvalue weighted by atomic mass is 9.98. The van der Waals surface area contributed by atoms with Crippen LogP contribution in [-0.4, -0.2) is 25.9 Å². The highest BCUT2D eigenvalue weighted by molar-refractivity contribution is 5.35. The fraction of sp³-hybridized carbons (Fsp3) is 0.600. The Morgan fingerprint density at radius 2 is 2.05 bits per heavy atom. The van der Waals surface area contributed by atoms with Crippen molar-refractivity contribution in [2.24, 2.45) is 5.92 Å². The normalized spacial score (nSPS) is 21.9. The van der Waals surface area contributed by atoms with E-state index in [4.69, 9.17) is 4.74 Å². The Morgan fingerprint density at radius 3 is 2.70 bits per heavy atom. The molecule has 0 aromatic heterocycles. The minimum absolute atomic E-state index is 0.0550. The first-order valence-electron chi connectivity index (χ1n) is 6.95. The second-order valence-electron chi connectivity index (χ2n) is 5.22. The van der Waals surface area contributed by atoms with Crippen LogP contribution in [0.2, 0.25) is 0 Å². The van der Waals surface area contributed by atoms with Crippen LogP contribution in [0, 0.1) is 5.92 Å². The lowest BCUT2D eigenvalue weighted by Gasteiger charge is -2.25. The highest BCUT2D eigenvalue weighted by atomic mass is 19.3. The number of halogens is 2. The van der Waals surface area contributed by atoms with Gasteiger partial charge >= 0.3 is 6.61 Å². The van der Waals surface area contributed by atoms with Crippen LogP contribution in [0.25, 0.3) is 0 Å². The van der Waals surface area contributed by atoms with Crippen molar-refractivity contribution < 1.29 is 18.3 Å².